The number of hydrogen-bond donors (Lipinski definition) is 0. The molecule has 144 valence electrons. The van der Waals surface area contributed by atoms with Gasteiger partial charge >= 0.3 is 0 Å². The molecule has 0 aliphatic carbocycles. The first-order chi connectivity index (χ1) is 11.8. The maximum Gasteiger partial charge on any atom is 0.120 e. The maximum absolute atomic E-state index is 10.9. The van der Waals surface area contributed by atoms with Crippen LogP contribution in [0.3, 0.4) is 0 Å². The van der Waals surface area contributed by atoms with E-state index in [9.17, 15) is 4.79 Å². The fourth-order valence-electron chi connectivity index (χ4n) is 3.65. The first-order valence-corrected chi connectivity index (χ1v) is 11.3. The molecule has 0 aliphatic rings. The van der Waals surface area contributed by atoms with E-state index >= 15 is 0 Å². The number of rotatable bonds is 20. The summed E-state index contributed by atoms with van der Waals surface area (Å²) in [5.41, 5.74) is 0. The zero-order valence-electron chi connectivity index (χ0n) is 17.0. The van der Waals surface area contributed by atoms with E-state index in [2.05, 4.69) is 13.8 Å². The van der Waals surface area contributed by atoms with Crippen LogP contribution in [-0.2, 0) is 4.79 Å². The first kappa shape index (κ1) is 23.7. The van der Waals surface area contributed by atoms with Crippen LogP contribution in [0.25, 0.3) is 0 Å². The van der Waals surface area contributed by atoms with Crippen molar-refractivity contribution >= 4 is 6.29 Å². The second kappa shape index (κ2) is 20.7. The van der Waals surface area contributed by atoms with Crippen molar-refractivity contribution in [1.82, 2.24) is 0 Å². The summed E-state index contributed by atoms with van der Waals surface area (Å²) >= 11 is 0. The number of carbonyl (C=O) groups excluding carboxylic acids is 1. The number of carbonyl (C=O) groups is 1. The molecule has 0 fully saturated rings. The van der Waals surface area contributed by atoms with Crippen LogP contribution in [0, 0.1) is 5.92 Å². The molecular weight excluding hydrogens is 292 g/mol. The van der Waals surface area contributed by atoms with Crippen molar-refractivity contribution in [3.63, 3.8) is 0 Å². The van der Waals surface area contributed by atoms with Crippen molar-refractivity contribution in [3.8, 4) is 0 Å². The lowest BCUT2D eigenvalue weighted by Gasteiger charge is -2.14. The molecule has 0 saturated heterocycles. The molecule has 0 radical (unpaired) electrons. The van der Waals surface area contributed by atoms with Crippen LogP contribution in [0.4, 0.5) is 0 Å². The van der Waals surface area contributed by atoms with E-state index in [1.807, 2.05) is 0 Å². The Kier molecular flexibility index (Phi) is 20.4. The predicted molar refractivity (Wildman–Crippen MR) is 109 cm³/mol. The minimum Gasteiger partial charge on any atom is -0.303 e. The summed E-state index contributed by atoms with van der Waals surface area (Å²) in [6.45, 7) is 4.55. The molecule has 0 heterocycles. The fourth-order valence-corrected chi connectivity index (χ4v) is 3.65. The van der Waals surface area contributed by atoms with Crippen LogP contribution in [0.15, 0.2) is 0 Å². The lowest BCUT2D eigenvalue weighted by Crippen LogP contribution is -2.02. The summed E-state index contributed by atoms with van der Waals surface area (Å²) in [5, 5.41) is 0. The van der Waals surface area contributed by atoms with Crippen molar-refractivity contribution in [3.05, 3.63) is 0 Å². The molecule has 1 unspecified atom stereocenters. The van der Waals surface area contributed by atoms with E-state index in [0.29, 0.717) is 5.92 Å². The zero-order valence-corrected chi connectivity index (χ0v) is 17.0. The predicted octanol–water partition coefficient (Wildman–Crippen LogP) is 8.25. The van der Waals surface area contributed by atoms with E-state index in [-0.39, 0.29) is 0 Å². The topological polar surface area (TPSA) is 17.1 Å². The number of aldehydes is 1. The van der Waals surface area contributed by atoms with Crippen molar-refractivity contribution in [2.24, 2.45) is 5.92 Å². The highest BCUT2D eigenvalue weighted by atomic mass is 16.1. The highest BCUT2D eigenvalue weighted by molar-refractivity contribution is 5.49. The summed E-state index contributed by atoms with van der Waals surface area (Å²) < 4.78 is 0. The molecule has 0 aromatic rings. The molecule has 0 saturated carbocycles. The molecule has 0 spiro atoms. The van der Waals surface area contributed by atoms with Crippen LogP contribution in [0.5, 0.6) is 0 Å². The van der Waals surface area contributed by atoms with E-state index in [1.54, 1.807) is 0 Å². The second-order valence-electron chi connectivity index (χ2n) is 7.80. The monoisotopic (exact) mass is 338 g/mol. The quantitative estimate of drug-likeness (QED) is 0.161. The van der Waals surface area contributed by atoms with Gasteiger partial charge in [0.1, 0.15) is 6.29 Å². The lowest BCUT2D eigenvalue weighted by molar-refractivity contribution is -0.108. The maximum atomic E-state index is 10.9. The Hall–Kier alpha value is -0.330. The van der Waals surface area contributed by atoms with Crippen LogP contribution in [0.1, 0.15) is 136 Å². The normalized spacial score (nSPS) is 12.4. The van der Waals surface area contributed by atoms with Crippen LogP contribution in [-0.4, -0.2) is 6.29 Å². The van der Waals surface area contributed by atoms with Crippen molar-refractivity contribution in [2.75, 3.05) is 0 Å². The molecule has 0 aromatic heterocycles. The Morgan fingerprint density at radius 2 is 0.875 bits per heavy atom. The Bertz CT molecular complexity index is 236. The second-order valence-corrected chi connectivity index (χ2v) is 7.80. The van der Waals surface area contributed by atoms with Gasteiger partial charge in [-0.05, 0) is 5.92 Å². The van der Waals surface area contributed by atoms with Crippen molar-refractivity contribution < 1.29 is 4.79 Å². The van der Waals surface area contributed by atoms with Gasteiger partial charge in [0.2, 0.25) is 0 Å². The zero-order chi connectivity index (χ0) is 17.7. The smallest absolute Gasteiger partial charge is 0.120 e. The van der Waals surface area contributed by atoms with Crippen LogP contribution >= 0.6 is 0 Å². The molecule has 0 amide bonds. The van der Waals surface area contributed by atoms with Gasteiger partial charge < -0.3 is 4.79 Å². The molecule has 0 aliphatic heterocycles. The van der Waals surface area contributed by atoms with Crippen LogP contribution < -0.4 is 0 Å². The summed E-state index contributed by atoms with van der Waals surface area (Å²) in [6, 6.07) is 0. The number of unbranched alkanes of at least 4 members (excludes halogenated alkanes) is 14. The van der Waals surface area contributed by atoms with Gasteiger partial charge in [-0.1, -0.05) is 129 Å². The van der Waals surface area contributed by atoms with E-state index in [4.69, 9.17) is 0 Å². The summed E-state index contributed by atoms with van der Waals surface area (Å²) in [6.07, 6.45) is 26.8. The highest BCUT2D eigenvalue weighted by Crippen LogP contribution is 2.21. The molecule has 0 aromatic carbocycles. The summed E-state index contributed by atoms with van der Waals surface area (Å²) in [5.74, 6) is 0.669. The molecule has 0 N–H and O–H groups in total. The third-order valence-electron chi connectivity index (χ3n) is 5.36. The molecule has 1 nitrogen and oxygen atoms in total. The third kappa shape index (κ3) is 18.0. The van der Waals surface area contributed by atoms with Gasteiger partial charge in [-0.25, -0.2) is 0 Å². The molecule has 0 rings (SSSR count). The van der Waals surface area contributed by atoms with Gasteiger partial charge in [-0.2, -0.15) is 0 Å². The average molecular weight is 339 g/mol. The van der Waals surface area contributed by atoms with Gasteiger partial charge in [0.05, 0.1) is 0 Å². The minimum atomic E-state index is 0.669. The standard InChI is InChI=1S/C23H46O/c1-3-5-7-9-10-11-12-13-14-16-18-20-23(21-22-24)19-17-15-8-6-4-2/h22-23H,3-21H2,1-2H3. The molecule has 24 heavy (non-hydrogen) atoms. The molecular formula is C23H46O. The van der Waals surface area contributed by atoms with E-state index < -0.39 is 0 Å². The van der Waals surface area contributed by atoms with Gasteiger partial charge in [0, 0.05) is 6.42 Å². The Balaban J connectivity index is 3.38. The Labute approximate surface area is 153 Å². The third-order valence-corrected chi connectivity index (χ3v) is 5.36. The van der Waals surface area contributed by atoms with E-state index in [1.165, 1.54) is 116 Å². The van der Waals surface area contributed by atoms with Crippen molar-refractivity contribution in [2.45, 2.75) is 136 Å². The van der Waals surface area contributed by atoms with Gasteiger partial charge in [0.15, 0.2) is 0 Å². The molecule has 0 bridgehead atoms. The Morgan fingerprint density at radius 3 is 1.21 bits per heavy atom. The van der Waals surface area contributed by atoms with Gasteiger partial charge in [0.25, 0.3) is 0 Å². The molecule has 1 atom stereocenters. The summed E-state index contributed by atoms with van der Waals surface area (Å²) in [7, 11) is 0. The van der Waals surface area contributed by atoms with Crippen molar-refractivity contribution in [1.29, 1.82) is 0 Å². The molecule has 1 heteroatoms. The Morgan fingerprint density at radius 1 is 0.542 bits per heavy atom. The highest BCUT2D eigenvalue weighted by Gasteiger charge is 2.07. The number of hydrogen-bond acceptors (Lipinski definition) is 1. The summed E-state index contributed by atoms with van der Waals surface area (Å²) in [4.78, 5) is 10.9. The van der Waals surface area contributed by atoms with E-state index in [0.717, 1.165) is 12.7 Å². The van der Waals surface area contributed by atoms with Gasteiger partial charge in [-0.15, -0.1) is 0 Å². The minimum absolute atomic E-state index is 0.669. The first-order valence-electron chi connectivity index (χ1n) is 11.3. The fraction of sp³-hybridized carbons (Fsp3) is 0.957. The average Bonchev–Trinajstić information content (AvgIpc) is 2.59. The SMILES string of the molecule is CCCCCCCCCCCCCC(CC=O)CCCCCCC. The van der Waals surface area contributed by atoms with Crippen LogP contribution in [0.2, 0.25) is 0 Å². The largest absolute Gasteiger partial charge is 0.303 e. The lowest BCUT2D eigenvalue weighted by atomic mass is 9.92. The van der Waals surface area contributed by atoms with Gasteiger partial charge in [-0.3, -0.25) is 0 Å².